The van der Waals surface area contributed by atoms with Gasteiger partial charge >= 0.3 is 0 Å². The first kappa shape index (κ1) is 14.9. The summed E-state index contributed by atoms with van der Waals surface area (Å²) in [5.41, 5.74) is 2.04. The minimum atomic E-state index is 0.231. The SMILES string of the molecule is COCC(C)n1cc(C)nc1NCc1ccccc1Cl. The summed E-state index contributed by atoms with van der Waals surface area (Å²) in [5.74, 6) is 0.840. The van der Waals surface area contributed by atoms with Gasteiger partial charge < -0.3 is 14.6 Å². The summed E-state index contributed by atoms with van der Waals surface area (Å²) in [6, 6.07) is 8.04. The molecular weight excluding hydrogens is 274 g/mol. The normalized spacial score (nSPS) is 12.4. The van der Waals surface area contributed by atoms with Crippen LogP contribution >= 0.6 is 11.6 Å². The van der Waals surface area contributed by atoms with Gasteiger partial charge in [0.1, 0.15) is 0 Å². The van der Waals surface area contributed by atoms with Crippen LogP contribution in [0.25, 0.3) is 0 Å². The fraction of sp³-hybridized carbons (Fsp3) is 0.400. The number of benzene rings is 1. The van der Waals surface area contributed by atoms with Crippen LogP contribution in [0.15, 0.2) is 30.5 Å². The lowest BCUT2D eigenvalue weighted by molar-refractivity contribution is 0.163. The number of nitrogens with zero attached hydrogens (tertiary/aromatic N) is 2. The number of ether oxygens (including phenoxy) is 1. The van der Waals surface area contributed by atoms with E-state index in [1.165, 1.54) is 0 Å². The second-order valence-corrected chi connectivity index (χ2v) is 5.27. The Morgan fingerprint density at radius 2 is 2.15 bits per heavy atom. The van der Waals surface area contributed by atoms with E-state index in [0.717, 1.165) is 22.2 Å². The zero-order valence-electron chi connectivity index (χ0n) is 12.1. The van der Waals surface area contributed by atoms with Gasteiger partial charge in [0.15, 0.2) is 0 Å². The highest BCUT2D eigenvalue weighted by Crippen LogP contribution is 2.19. The number of hydrogen-bond donors (Lipinski definition) is 1. The predicted molar refractivity (Wildman–Crippen MR) is 82.3 cm³/mol. The van der Waals surface area contributed by atoms with Gasteiger partial charge in [-0.25, -0.2) is 4.98 Å². The van der Waals surface area contributed by atoms with E-state index in [0.29, 0.717) is 13.2 Å². The Bertz CT molecular complexity index is 568. The molecule has 2 rings (SSSR count). The molecule has 1 atom stereocenters. The highest BCUT2D eigenvalue weighted by molar-refractivity contribution is 6.31. The van der Waals surface area contributed by atoms with Crippen LogP contribution in [0, 0.1) is 6.92 Å². The minimum absolute atomic E-state index is 0.231. The molecule has 20 heavy (non-hydrogen) atoms. The van der Waals surface area contributed by atoms with Crippen molar-refractivity contribution in [3.63, 3.8) is 0 Å². The molecule has 4 nitrogen and oxygen atoms in total. The molecule has 0 aliphatic heterocycles. The number of anilines is 1. The third-order valence-electron chi connectivity index (χ3n) is 3.13. The molecule has 0 fully saturated rings. The van der Waals surface area contributed by atoms with Crippen LogP contribution in [0.3, 0.4) is 0 Å². The van der Waals surface area contributed by atoms with Crippen molar-refractivity contribution in [3.8, 4) is 0 Å². The first-order chi connectivity index (χ1) is 9.61. The van der Waals surface area contributed by atoms with Gasteiger partial charge in [-0.15, -0.1) is 0 Å². The van der Waals surface area contributed by atoms with Crippen molar-refractivity contribution >= 4 is 17.5 Å². The van der Waals surface area contributed by atoms with Crippen LogP contribution in [0.1, 0.15) is 24.2 Å². The summed E-state index contributed by atoms with van der Waals surface area (Å²) in [5, 5.41) is 4.11. The van der Waals surface area contributed by atoms with Crippen LogP contribution in [0.4, 0.5) is 5.95 Å². The molecule has 2 aromatic rings. The average molecular weight is 294 g/mol. The van der Waals surface area contributed by atoms with Crippen molar-refractivity contribution in [3.05, 3.63) is 46.7 Å². The molecule has 1 N–H and O–H groups in total. The average Bonchev–Trinajstić information content (AvgIpc) is 2.79. The van der Waals surface area contributed by atoms with E-state index in [9.17, 15) is 0 Å². The lowest BCUT2D eigenvalue weighted by Gasteiger charge is -2.16. The largest absolute Gasteiger partial charge is 0.383 e. The second-order valence-electron chi connectivity index (χ2n) is 4.86. The zero-order chi connectivity index (χ0) is 14.5. The molecule has 5 heteroatoms. The summed E-state index contributed by atoms with van der Waals surface area (Å²) in [7, 11) is 1.71. The quantitative estimate of drug-likeness (QED) is 0.883. The van der Waals surface area contributed by atoms with Crippen LogP contribution < -0.4 is 5.32 Å². The van der Waals surface area contributed by atoms with Crippen LogP contribution in [0.2, 0.25) is 5.02 Å². The topological polar surface area (TPSA) is 39.1 Å². The van der Waals surface area contributed by atoms with Gasteiger partial charge in [0.05, 0.1) is 18.3 Å². The van der Waals surface area contributed by atoms with Gasteiger partial charge in [-0.1, -0.05) is 29.8 Å². The van der Waals surface area contributed by atoms with Crippen molar-refractivity contribution in [2.75, 3.05) is 19.0 Å². The van der Waals surface area contributed by atoms with Gasteiger partial charge in [-0.2, -0.15) is 0 Å². The number of hydrogen-bond acceptors (Lipinski definition) is 3. The van der Waals surface area contributed by atoms with Crippen LogP contribution in [0.5, 0.6) is 0 Å². The summed E-state index contributed by atoms with van der Waals surface area (Å²) in [6.07, 6.45) is 2.03. The molecule has 0 aliphatic carbocycles. The molecule has 1 aromatic heterocycles. The zero-order valence-corrected chi connectivity index (χ0v) is 12.8. The number of aryl methyl sites for hydroxylation is 1. The highest BCUT2D eigenvalue weighted by Gasteiger charge is 2.12. The summed E-state index contributed by atoms with van der Waals surface area (Å²) in [6.45, 7) is 5.38. The Kier molecular flexibility index (Phi) is 5.04. The molecule has 0 saturated carbocycles. The van der Waals surface area contributed by atoms with Gasteiger partial charge in [0.25, 0.3) is 0 Å². The highest BCUT2D eigenvalue weighted by atomic mass is 35.5. The number of rotatable bonds is 6. The maximum Gasteiger partial charge on any atom is 0.203 e. The third kappa shape index (κ3) is 3.52. The van der Waals surface area contributed by atoms with Crippen LogP contribution in [-0.4, -0.2) is 23.3 Å². The molecular formula is C15H20ClN3O. The van der Waals surface area contributed by atoms with Gasteiger partial charge in [-0.3, -0.25) is 0 Å². The van der Waals surface area contributed by atoms with Crippen molar-refractivity contribution in [1.29, 1.82) is 0 Å². The second kappa shape index (κ2) is 6.77. The molecule has 108 valence electrons. The van der Waals surface area contributed by atoms with Crippen LogP contribution in [-0.2, 0) is 11.3 Å². The van der Waals surface area contributed by atoms with Crippen molar-refractivity contribution in [2.24, 2.45) is 0 Å². The third-order valence-corrected chi connectivity index (χ3v) is 3.50. The Hall–Kier alpha value is -1.52. The summed E-state index contributed by atoms with van der Waals surface area (Å²) >= 11 is 6.16. The number of imidazole rings is 1. The van der Waals surface area contributed by atoms with E-state index in [2.05, 4.69) is 21.8 Å². The Morgan fingerprint density at radius 1 is 1.40 bits per heavy atom. The predicted octanol–water partition coefficient (Wildman–Crippen LogP) is 3.66. The molecule has 0 spiro atoms. The smallest absolute Gasteiger partial charge is 0.203 e. The first-order valence-corrected chi connectivity index (χ1v) is 7.01. The maximum absolute atomic E-state index is 6.16. The van der Waals surface area contributed by atoms with E-state index >= 15 is 0 Å². The first-order valence-electron chi connectivity index (χ1n) is 6.63. The lowest BCUT2D eigenvalue weighted by atomic mass is 10.2. The number of methoxy groups -OCH3 is 1. The minimum Gasteiger partial charge on any atom is -0.383 e. The fourth-order valence-electron chi connectivity index (χ4n) is 2.12. The van der Waals surface area contributed by atoms with E-state index in [1.807, 2.05) is 37.4 Å². The van der Waals surface area contributed by atoms with Gasteiger partial charge in [-0.05, 0) is 25.5 Å². The lowest BCUT2D eigenvalue weighted by Crippen LogP contribution is -2.14. The van der Waals surface area contributed by atoms with Crippen molar-refractivity contribution < 1.29 is 4.74 Å². The van der Waals surface area contributed by atoms with E-state index in [1.54, 1.807) is 7.11 Å². The molecule has 1 heterocycles. The molecule has 0 aliphatic rings. The molecule has 0 bridgehead atoms. The van der Waals surface area contributed by atoms with Gasteiger partial charge in [0.2, 0.25) is 5.95 Å². The number of halogens is 1. The monoisotopic (exact) mass is 293 g/mol. The molecule has 1 aromatic carbocycles. The van der Waals surface area contributed by atoms with E-state index < -0.39 is 0 Å². The Morgan fingerprint density at radius 3 is 2.85 bits per heavy atom. The fourth-order valence-corrected chi connectivity index (χ4v) is 2.32. The van der Waals surface area contributed by atoms with Gasteiger partial charge in [0, 0.05) is 24.9 Å². The van der Waals surface area contributed by atoms with E-state index in [4.69, 9.17) is 16.3 Å². The Balaban J connectivity index is 2.11. The molecule has 0 amide bonds. The summed E-state index contributed by atoms with van der Waals surface area (Å²) in [4.78, 5) is 4.51. The standard InChI is InChI=1S/C15H20ClN3O/c1-11-9-19(12(2)10-20-3)15(18-11)17-8-13-6-4-5-7-14(13)16/h4-7,9,12H,8,10H2,1-3H3,(H,17,18). The number of aromatic nitrogens is 2. The molecule has 1 unspecified atom stereocenters. The summed E-state index contributed by atoms with van der Waals surface area (Å²) < 4.78 is 7.30. The molecule has 0 saturated heterocycles. The number of nitrogens with one attached hydrogen (secondary N) is 1. The van der Waals surface area contributed by atoms with E-state index in [-0.39, 0.29) is 6.04 Å². The molecule has 0 radical (unpaired) electrons. The van der Waals surface area contributed by atoms with Crippen molar-refractivity contribution in [1.82, 2.24) is 9.55 Å². The Labute approximate surface area is 124 Å². The maximum atomic E-state index is 6.16. The van der Waals surface area contributed by atoms with Crippen molar-refractivity contribution in [2.45, 2.75) is 26.4 Å².